The number of hydrogen-bond donors (Lipinski definition) is 2. The van der Waals surface area contributed by atoms with Gasteiger partial charge in [0.05, 0.1) is 28.4 Å². The van der Waals surface area contributed by atoms with Crippen molar-refractivity contribution in [2.45, 2.75) is 13.3 Å². The van der Waals surface area contributed by atoms with Crippen LogP contribution in [0.3, 0.4) is 0 Å². The van der Waals surface area contributed by atoms with Crippen LogP contribution in [0.5, 0.6) is 5.75 Å². The Hall–Kier alpha value is -3.84. The molecule has 0 aliphatic heterocycles. The van der Waals surface area contributed by atoms with Gasteiger partial charge in [-0.15, -0.1) is 11.3 Å². The van der Waals surface area contributed by atoms with Gasteiger partial charge in [-0.25, -0.2) is 0 Å². The van der Waals surface area contributed by atoms with Crippen LogP contribution >= 0.6 is 11.3 Å². The molecule has 0 fully saturated rings. The van der Waals surface area contributed by atoms with Crippen molar-refractivity contribution in [1.82, 2.24) is 0 Å². The lowest BCUT2D eigenvalue weighted by molar-refractivity contribution is 0.0995. The molecule has 32 heavy (non-hydrogen) atoms. The number of thiophene rings is 1. The molecule has 0 spiro atoms. The second-order valence-corrected chi connectivity index (χ2v) is 8.14. The molecule has 7 heteroatoms. The number of furan rings is 1. The number of ether oxygens (including phenoxy) is 1. The third kappa shape index (κ3) is 5.25. The number of aryl methyl sites for hydroxylation is 1. The molecule has 2 aromatic carbocycles. The smallest absolute Gasteiger partial charge is 0.291 e. The Labute approximate surface area is 189 Å². The highest BCUT2D eigenvalue weighted by atomic mass is 32.1. The van der Waals surface area contributed by atoms with Gasteiger partial charge in [0.1, 0.15) is 5.75 Å². The summed E-state index contributed by atoms with van der Waals surface area (Å²) < 4.78 is 11.0. The van der Waals surface area contributed by atoms with Crippen molar-refractivity contribution in [1.29, 1.82) is 0 Å². The average molecular weight is 447 g/mol. The van der Waals surface area contributed by atoms with E-state index in [1.165, 1.54) is 23.2 Å². The fourth-order valence-electron chi connectivity index (χ4n) is 3.15. The number of hydrogen-bond acceptors (Lipinski definition) is 5. The molecule has 2 amide bonds. The van der Waals surface area contributed by atoms with Gasteiger partial charge in [-0.1, -0.05) is 42.5 Å². The highest BCUT2D eigenvalue weighted by molar-refractivity contribution is 7.18. The molecular formula is C25H22N2O4S. The van der Waals surface area contributed by atoms with Crippen LogP contribution in [-0.2, 0) is 6.42 Å². The van der Waals surface area contributed by atoms with Gasteiger partial charge in [0.15, 0.2) is 5.76 Å². The number of anilines is 2. The van der Waals surface area contributed by atoms with Crippen LogP contribution in [0.15, 0.2) is 83.5 Å². The predicted molar refractivity (Wildman–Crippen MR) is 126 cm³/mol. The number of amides is 2. The molecule has 0 atom stereocenters. The Balaban J connectivity index is 1.40. The lowest BCUT2D eigenvalue weighted by Crippen LogP contribution is -2.13. The highest BCUT2D eigenvalue weighted by Gasteiger charge is 2.18. The van der Waals surface area contributed by atoms with E-state index in [1.54, 1.807) is 24.3 Å². The third-order valence-corrected chi connectivity index (χ3v) is 5.88. The monoisotopic (exact) mass is 446 g/mol. The molecule has 0 unspecified atom stereocenters. The zero-order valence-electron chi connectivity index (χ0n) is 17.5. The van der Waals surface area contributed by atoms with E-state index in [1.807, 2.05) is 43.3 Å². The topological polar surface area (TPSA) is 80.6 Å². The maximum Gasteiger partial charge on any atom is 0.291 e. The zero-order valence-corrected chi connectivity index (χ0v) is 18.3. The lowest BCUT2D eigenvalue weighted by atomic mass is 10.2. The summed E-state index contributed by atoms with van der Waals surface area (Å²) in [6.07, 6.45) is 2.21. The molecule has 0 aliphatic rings. The largest absolute Gasteiger partial charge is 0.491 e. The number of nitrogens with one attached hydrogen (secondary N) is 2. The van der Waals surface area contributed by atoms with E-state index in [0.29, 0.717) is 27.9 Å². The van der Waals surface area contributed by atoms with E-state index >= 15 is 0 Å². The number of para-hydroxylation sites is 2. The molecule has 2 heterocycles. The van der Waals surface area contributed by atoms with Gasteiger partial charge in [0.2, 0.25) is 0 Å². The van der Waals surface area contributed by atoms with Crippen molar-refractivity contribution in [3.8, 4) is 5.75 Å². The Morgan fingerprint density at radius 2 is 1.72 bits per heavy atom. The first-order valence-electron chi connectivity index (χ1n) is 10.1. The standard InChI is InChI=1S/C25H22N2O4S/c1-17-16-22(27-24(28)21-12-7-14-30-21)32-23(17)25(29)26-19-10-5-6-11-20(19)31-15-13-18-8-3-2-4-9-18/h2-12,14,16H,13,15H2,1H3,(H,26,29)(H,27,28). The fourth-order valence-corrected chi connectivity index (χ4v) is 4.11. The maximum absolute atomic E-state index is 12.9. The normalized spacial score (nSPS) is 10.5. The molecule has 2 N–H and O–H groups in total. The summed E-state index contributed by atoms with van der Waals surface area (Å²) in [4.78, 5) is 25.6. The number of rotatable bonds is 8. The number of carbonyl (C=O) groups excluding carboxylic acids is 2. The van der Waals surface area contributed by atoms with Crippen LogP contribution < -0.4 is 15.4 Å². The Morgan fingerprint density at radius 1 is 0.938 bits per heavy atom. The quantitative estimate of drug-likeness (QED) is 0.360. The Morgan fingerprint density at radius 3 is 2.50 bits per heavy atom. The molecule has 0 saturated heterocycles. The minimum atomic E-state index is -0.361. The van der Waals surface area contributed by atoms with Crippen LogP contribution in [0, 0.1) is 6.92 Å². The van der Waals surface area contributed by atoms with Crippen molar-refractivity contribution in [3.05, 3.63) is 101 Å². The zero-order chi connectivity index (χ0) is 22.3. The molecule has 0 radical (unpaired) electrons. The molecule has 0 aliphatic carbocycles. The summed E-state index contributed by atoms with van der Waals surface area (Å²) in [5.41, 5.74) is 2.55. The minimum absolute atomic E-state index is 0.212. The summed E-state index contributed by atoms with van der Waals surface area (Å²) in [6, 6.07) is 22.4. The van der Waals surface area contributed by atoms with E-state index < -0.39 is 0 Å². The summed E-state index contributed by atoms with van der Waals surface area (Å²) in [6.45, 7) is 2.33. The minimum Gasteiger partial charge on any atom is -0.491 e. The Bertz CT molecular complexity index is 1200. The highest BCUT2D eigenvalue weighted by Crippen LogP contribution is 2.30. The van der Waals surface area contributed by atoms with Crippen LogP contribution in [-0.4, -0.2) is 18.4 Å². The van der Waals surface area contributed by atoms with Crippen molar-refractivity contribution >= 4 is 33.8 Å². The van der Waals surface area contributed by atoms with Gasteiger partial charge in [-0.2, -0.15) is 0 Å². The summed E-state index contributed by atoms with van der Waals surface area (Å²) in [7, 11) is 0. The molecule has 4 aromatic rings. The van der Waals surface area contributed by atoms with Gasteiger partial charge in [0.25, 0.3) is 11.8 Å². The summed E-state index contributed by atoms with van der Waals surface area (Å²) in [5.74, 6) is 0.200. The van der Waals surface area contributed by atoms with Crippen LogP contribution in [0.1, 0.15) is 31.4 Å². The van der Waals surface area contributed by atoms with Crippen molar-refractivity contribution in [2.24, 2.45) is 0 Å². The third-order valence-electron chi connectivity index (χ3n) is 4.73. The van der Waals surface area contributed by atoms with Crippen LogP contribution in [0.2, 0.25) is 0 Å². The van der Waals surface area contributed by atoms with Crippen LogP contribution in [0.4, 0.5) is 10.7 Å². The predicted octanol–water partition coefficient (Wildman–Crippen LogP) is 5.78. The first-order valence-corrected chi connectivity index (χ1v) is 10.9. The molecule has 4 rings (SSSR count). The van der Waals surface area contributed by atoms with E-state index in [-0.39, 0.29) is 17.6 Å². The van der Waals surface area contributed by atoms with Gasteiger partial charge in [0, 0.05) is 6.42 Å². The van der Waals surface area contributed by atoms with Gasteiger partial charge in [-0.3, -0.25) is 9.59 Å². The summed E-state index contributed by atoms with van der Waals surface area (Å²) >= 11 is 1.21. The molecule has 0 bridgehead atoms. The van der Waals surface area contributed by atoms with E-state index in [0.717, 1.165) is 12.0 Å². The average Bonchev–Trinajstić information content (AvgIpc) is 3.46. The van der Waals surface area contributed by atoms with E-state index in [9.17, 15) is 9.59 Å². The molecule has 6 nitrogen and oxygen atoms in total. The molecular weight excluding hydrogens is 424 g/mol. The van der Waals surface area contributed by atoms with Gasteiger partial charge in [-0.05, 0) is 48.4 Å². The molecule has 2 aromatic heterocycles. The van der Waals surface area contributed by atoms with Crippen molar-refractivity contribution in [2.75, 3.05) is 17.2 Å². The molecule has 162 valence electrons. The second kappa shape index (κ2) is 9.98. The first kappa shape index (κ1) is 21.4. The van der Waals surface area contributed by atoms with Gasteiger partial charge >= 0.3 is 0 Å². The SMILES string of the molecule is Cc1cc(NC(=O)c2ccco2)sc1C(=O)Nc1ccccc1OCCc1ccccc1. The fraction of sp³-hybridized carbons (Fsp3) is 0.120. The molecule has 0 saturated carbocycles. The second-order valence-electron chi connectivity index (χ2n) is 7.09. The van der Waals surface area contributed by atoms with Crippen LogP contribution in [0.25, 0.3) is 0 Å². The first-order chi connectivity index (χ1) is 15.6. The van der Waals surface area contributed by atoms with Crippen molar-refractivity contribution < 1.29 is 18.7 Å². The summed E-state index contributed by atoms with van der Waals surface area (Å²) in [5, 5.41) is 6.26. The number of carbonyl (C=O) groups is 2. The van der Waals surface area contributed by atoms with Gasteiger partial charge < -0.3 is 19.8 Å². The Kier molecular flexibility index (Phi) is 6.67. The van der Waals surface area contributed by atoms with E-state index in [2.05, 4.69) is 22.8 Å². The van der Waals surface area contributed by atoms with Crippen molar-refractivity contribution in [3.63, 3.8) is 0 Å². The van der Waals surface area contributed by atoms with E-state index in [4.69, 9.17) is 9.15 Å². The number of benzene rings is 2. The lowest BCUT2D eigenvalue weighted by Gasteiger charge is -2.12. The maximum atomic E-state index is 12.9.